The number of fused-ring (bicyclic) bond motifs is 4. The second kappa shape index (κ2) is 7.79. The van der Waals surface area contributed by atoms with Gasteiger partial charge in [0.2, 0.25) is 0 Å². The molecular weight excluding hydrogens is 364 g/mol. The van der Waals surface area contributed by atoms with Crippen molar-refractivity contribution in [1.29, 1.82) is 0 Å². The molecule has 2 fully saturated rings. The zero-order valence-electron chi connectivity index (χ0n) is 21.0. The molecule has 4 aliphatic carbocycles. The van der Waals surface area contributed by atoms with Gasteiger partial charge in [0.1, 0.15) is 0 Å². The Morgan fingerprint density at radius 2 is 1.77 bits per heavy atom. The highest BCUT2D eigenvalue weighted by atomic mass is 16.3. The van der Waals surface area contributed by atoms with Gasteiger partial charge >= 0.3 is 0 Å². The third-order valence-corrected chi connectivity index (χ3v) is 10.2. The molecule has 1 nitrogen and oxygen atoms in total. The SMILES string of the molecule is CC(C)CCC[C@@H](C)[C@H]1[C@@H](O)C[C@@H]2C3=C(CC[C@]12C)[C@@]1(C)CCCC(C)(C)C1=CC3. The van der Waals surface area contributed by atoms with E-state index in [1.54, 1.807) is 16.7 Å². The van der Waals surface area contributed by atoms with Crippen LogP contribution in [0.25, 0.3) is 0 Å². The van der Waals surface area contributed by atoms with Gasteiger partial charge in [0, 0.05) is 5.41 Å². The van der Waals surface area contributed by atoms with Gasteiger partial charge in [0.05, 0.1) is 6.10 Å². The number of aliphatic hydroxyl groups is 1. The third kappa shape index (κ3) is 3.46. The van der Waals surface area contributed by atoms with Crippen molar-refractivity contribution in [2.75, 3.05) is 0 Å². The van der Waals surface area contributed by atoms with E-state index in [1.807, 2.05) is 0 Å². The van der Waals surface area contributed by atoms with E-state index in [9.17, 15) is 5.11 Å². The van der Waals surface area contributed by atoms with Crippen LogP contribution in [-0.2, 0) is 0 Å². The van der Waals surface area contributed by atoms with Gasteiger partial charge in [-0.15, -0.1) is 0 Å². The summed E-state index contributed by atoms with van der Waals surface area (Å²) in [5.41, 5.74) is 6.23. The molecular formula is C29H48O. The lowest BCUT2D eigenvalue weighted by Gasteiger charge is -2.55. The molecule has 4 rings (SSSR count). The van der Waals surface area contributed by atoms with E-state index in [4.69, 9.17) is 0 Å². The molecule has 1 N–H and O–H groups in total. The second-order valence-electron chi connectivity index (χ2n) is 13.1. The molecule has 30 heavy (non-hydrogen) atoms. The first kappa shape index (κ1) is 22.6. The smallest absolute Gasteiger partial charge is 0.0582 e. The van der Waals surface area contributed by atoms with Crippen LogP contribution >= 0.6 is 0 Å². The number of aliphatic hydroxyl groups excluding tert-OH is 1. The van der Waals surface area contributed by atoms with Gasteiger partial charge in [-0.3, -0.25) is 0 Å². The molecule has 170 valence electrons. The fourth-order valence-corrected chi connectivity index (χ4v) is 8.86. The van der Waals surface area contributed by atoms with Crippen LogP contribution in [0.4, 0.5) is 0 Å². The van der Waals surface area contributed by atoms with Crippen LogP contribution in [-0.4, -0.2) is 11.2 Å². The summed E-state index contributed by atoms with van der Waals surface area (Å²) >= 11 is 0. The Kier molecular flexibility index (Phi) is 5.87. The van der Waals surface area contributed by atoms with Gasteiger partial charge in [-0.2, -0.15) is 0 Å². The molecule has 0 heterocycles. The lowest BCUT2D eigenvalue weighted by molar-refractivity contribution is 0.0279. The summed E-state index contributed by atoms with van der Waals surface area (Å²) in [7, 11) is 0. The average molecular weight is 413 g/mol. The Labute approximate surface area is 186 Å². The monoisotopic (exact) mass is 412 g/mol. The molecule has 0 unspecified atom stereocenters. The Bertz CT molecular complexity index is 725. The summed E-state index contributed by atoms with van der Waals surface area (Å²) in [5.74, 6) is 2.51. The number of allylic oxidation sites excluding steroid dienone is 4. The Morgan fingerprint density at radius 3 is 2.47 bits per heavy atom. The maximum atomic E-state index is 11.3. The number of hydrogen-bond acceptors (Lipinski definition) is 1. The Balaban J connectivity index is 1.60. The minimum atomic E-state index is -0.109. The maximum absolute atomic E-state index is 11.3. The van der Waals surface area contributed by atoms with E-state index in [0.717, 1.165) is 18.8 Å². The molecule has 0 aliphatic heterocycles. The Morgan fingerprint density at radius 1 is 1.03 bits per heavy atom. The summed E-state index contributed by atoms with van der Waals surface area (Å²) in [6.45, 7) is 17.2. The number of hydrogen-bond donors (Lipinski definition) is 1. The van der Waals surface area contributed by atoms with Gasteiger partial charge in [0.15, 0.2) is 0 Å². The summed E-state index contributed by atoms with van der Waals surface area (Å²) in [6, 6.07) is 0. The first-order valence-corrected chi connectivity index (χ1v) is 13.1. The van der Waals surface area contributed by atoms with Crippen LogP contribution in [0.3, 0.4) is 0 Å². The van der Waals surface area contributed by atoms with Gasteiger partial charge < -0.3 is 5.11 Å². The van der Waals surface area contributed by atoms with Crippen molar-refractivity contribution in [1.82, 2.24) is 0 Å². The van der Waals surface area contributed by atoms with Crippen LogP contribution in [0.2, 0.25) is 0 Å². The van der Waals surface area contributed by atoms with E-state index in [-0.39, 0.29) is 6.10 Å². The molecule has 0 aromatic heterocycles. The molecule has 0 radical (unpaired) electrons. The number of rotatable bonds is 5. The van der Waals surface area contributed by atoms with Gasteiger partial charge in [-0.1, -0.05) is 96.9 Å². The fourth-order valence-electron chi connectivity index (χ4n) is 8.86. The summed E-state index contributed by atoms with van der Waals surface area (Å²) < 4.78 is 0. The highest BCUT2D eigenvalue weighted by Crippen LogP contribution is 2.66. The molecule has 0 amide bonds. The molecule has 2 saturated carbocycles. The summed E-state index contributed by atoms with van der Waals surface area (Å²) in [6.07, 6.45) is 15.2. The molecule has 1 heteroatoms. The minimum absolute atomic E-state index is 0.109. The van der Waals surface area contributed by atoms with Crippen molar-refractivity contribution in [3.63, 3.8) is 0 Å². The van der Waals surface area contributed by atoms with Crippen LogP contribution in [0.5, 0.6) is 0 Å². The molecule has 0 saturated heterocycles. The van der Waals surface area contributed by atoms with Crippen molar-refractivity contribution in [2.45, 2.75) is 119 Å². The van der Waals surface area contributed by atoms with Crippen LogP contribution in [0.1, 0.15) is 113 Å². The van der Waals surface area contributed by atoms with Gasteiger partial charge in [-0.05, 0) is 73.0 Å². The lowest BCUT2D eigenvalue weighted by Crippen LogP contribution is -2.44. The van der Waals surface area contributed by atoms with E-state index in [2.05, 4.69) is 54.5 Å². The van der Waals surface area contributed by atoms with Gasteiger partial charge in [-0.25, -0.2) is 0 Å². The zero-order valence-corrected chi connectivity index (χ0v) is 21.0. The minimum Gasteiger partial charge on any atom is -0.393 e. The molecule has 4 aliphatic rings. The van der Waals surface area contributed by atoms with E-state index in [1.165, 1.54) is 51.4 Å². The Hall–Kier alpha value is -0.560. The first-order chi connectivity index (χ1) is 14.0. The third-order valence-electron chi connectivity index (χ3n) is 10.2. The van der Waals surface area contributed by atoms with Crippen LogP contribution < -0.4 is 0 Å². The maximum Gasteiger partial charge on any atom is 0.0582 e. The predicted octanol–water partition coefficient (Wildman–Crippen LogP) is 8.09. The highest BCUT2D eigenvalue weighted by molar-refractivity contribution is 5.45. The first-order valence-electron chi connectivity index (χ1n) is 13.1. The zero-order chi connectivity index (χ0) is 21.9. The molecule has 6 atom stereocenters. The fraction of sp³-hybridized carbons (Fsp3) is 0.862. The highest BCUT2D eigenvalue weighted by Gasteiger charge is 2.58. The van der Waals surface area contributed by atoms with E-state index >= 15 is 0 Å². The molecule has 0 aromatic carbocycles. The lowest BCUT2D eigenvalue weighted by atomic mass is 9.50. The predicted molar refractivity (Wildman–Crippen MR) is 128 cm³/mol. The van der Waals surface area contributed by atoms with Gasteiger partial charge in [0.25, 0.3) is 0 Å². The van der Waals surface area contributed by atoms with E-state index < -0.39 is 0 Å². The second-order valence-corrected chi connectivity index (χ2v) is 13.1. The van der Waals surface area contributed by atoms with Crippen molar-refractivity contribution < 1.29 is 5.11 Å². The largest absolute Gasteiger partial charge is 0.393 e. The van der Waals surface area contributed by atoms with Crippen molar-refractivity contribution in [2.24, 2.45) is 39.9 Å². The van der Waals surface area contributed by atoms with Crippen molar-refractivity contribution in [3.05, 3.63) is 22.8 Å². The molecule has 0 bridgehead atoms. The van der Waals surface area contributed by atoms with Crippen molar-refractivity contribution >= 4 is 0 Å². The average Bonchev–Trinajstić information content (AvgIpc) is 2.91. The van der Waals surface area contributed by atoms with Crippen molar-refractivity contribution in [3.8, 4) is 0 Å². The quantitative estimate of drug-likeness (QED) is 0.452. The molecule has 0 spiro atoms. The molecule has 0 aromatic rings. The summed E-state index contributed by atoms with van der Waals surface area (Å²) in [4.78, 5) is 0. The van der Waals surface area contributed by atoms with Crippen LogP contribution in [0.15, 0.2) is 22.8 Å². The van der Waals surface area contributed by atoms with E-state index in [0.29, 0.717) is 34.0 Å². The normalized spacial score (nSPS) is 41.2. The standard InChI is InChI=1S/C29H48O/c1-19(2)10-8-11-20(3)26-24(30)18-23-21-12-13-25-27(4,5)15-9-16-28(25,6)22(21)14-17-29(23,26)7/h13,19-20,23-24,26,30H,8-12,14-18H2,1-7H3/t20-,23-,24+,26+,28-,29+/m1/s1. The van der Waals surface area contributed by atoms with Crippen LogP contribution in [0, 0.1) is 39.9 Å². The topological polar surface area (TPSA) is 20.2 Å². The summed E-state index contributed by atoms with van der Waals surface area (Å²) in [5, 5.41) is 11.3.